The fourth-order valence-corrected chi connectivity index (χ4v) is 2.40. The molecule has 1 aromatic carbocycles. The van der Waals surface area contributed by atoms with Gasteiger partial charge in [0, 0.05) is 13.0 Å². The number of benzene rings is 1. The zero-order chi connectivity index (χ0) is 17.5. The number of hydrogen-bond donors (Lipinski definition) is 1. The Kier molecular flexibility index (Phi) is 6.44. The molecule has 6 heteroatoms. The predicted molar refractivity (Wildman–Crippen MR) is 91.4 cm³/mol. The Hall–Kier alpha value is -2.27. The number of nitrogens with one attached hydrogen (secondary N) is 1. The number of halogens is 1. The summed E-state index contributed by atoms with van der Waals surface area (Å²) in [5.74, 6) is 1.22. The molecular formula is C18H20ClNO4. The van der Waals surface area contributed by atoms with E-state index in [1.165, 1.54) is 0 Å². The van der Waals surface area contributed by atoms with Gasteiger partial charge in [0.1, 0.15) is 18.1 Å². The van der Waals surface area contributed by atoms with Gasteiger partial charge >= 0.3 is 0 Å². The molecule has 128 valence electrons. The highest BCUT2D eigenvalue weighted by molar-refractivity contribution is 6.63. The first-order valence-electron chi connectivity index (χ1n) is 7.70. The monoisotopic (exact) mass is 349 g/mol. The molecule has 0 aliphatic heterocycles. The zero-order valence-electron chi connectivity index (χ0n) is 13.7. The maximum Gasteiger partial charge on any atom is 0.286 e. The van der Waals surface area contributed by atoms with E-state index < -0.39 is 5.24 Å². The SMILES string of the molecule is Cc1cc(C)cc(OCc2ccc(C(=O)NCCCC(=O)Cl)o2)c1. The highest BCUT2D eigenvalue weighted by Gasteiger charge is 2.11. The van der Waals surface area contributed by atoms with Gasteiger partial charge in [-0.2, -0.15) is 0 Å². The van der Waals surface area contributed by atoms with Crippen LogP contribution >= 0.6 is 11.6 Å². The van der Waals surface area contributed by atoms with Crippen LogP contribution in [0.1, 0.15) is 40.3 Å². The number of ether oxygens (including phenoxy) is 1. The summed E-state index contributed by atoms with van der Waals surface area (Å²) >= 11 is 5.23. The molecule has 0 aliphatic carbocycles. The lowest BCUT2D eigenvalue weighted by atomic mass is 10.1. The van der Waals surface area contributed by atoms with Crippen LogP contribution in [-0.4, -0.2) is 17.7 Å². The molecule has 0 atom stereocenters. The van der Waals surface area contributed by atoms with Crippen LogP contribution in [0.3, 0.4) is 0 Å². The molecule has 0 saturated carbocycles. The second kappa shape index (κ2) is 8.55. The van der Waals surface area contributed by atoms with E-state index in [-0.39, 0.29) is 24.7 Å². The lowest BCUT2D eigenvalue weighted by Crippen LogP contribution is -2.24. The van der Waals surface area contributed by atoms with Gasteiger partial charge in [-0.3, -0.25) is 9.59 Å². The van der Waals surface area contributed by atoms with Gasteiger partial charge < -0.3 is 14.5 Å². The number of rotatable bonds is 8. The molecule has 2 aromatic rings. The van der Waals surface area contributed by atoms with E-state index in [9.17, 15) is 9.59 Å². The summed E-state index contributed by atoms with van der Waals surface area (Å²) in [7, 11) is 0. The summed E-state index contributed by atoms with van der Waals surface area (Å²) in [6.07, 6.45) is 0.729. The number of furan rings is 1. The Morgan fingerprint density at radius 1 is 1.17 bits per heavy atom. The smallest absolute Gasteiger partial charge is 0.286 e. The van der Waals surface area contributed by atoms with Crippen LogP contribution in [0.5, 0.6) is 5.75 Å². The molecule has 1 amide bonds. The van der Waals surface area contributed by atoms with Gasteiger partial charge in [-0.15, -0.1) is 0 Å². The fraction of sp³-hybridized carbons (Fsp3) is 0.333. The summed E-state index contributed by atoms with van der Waals surface area (Å²) in [5, 5.41) is 2.26. The molecule has 2 rings (SSSR count). The second-order valence-electron chi connectivity index (χ2n) is 5.59. The van der Waals surface area contributed by atoms with Crippen molar-refractivity contribution in [1.29, 1.82) is 0 Å². The van der Waals surface area contributed by atoms with Gasteiger partial charge in [0.2, 0.25) is 5.24 Å². The summed E-state index contributed by atoms with van der Waals surface area (Å²) in [6.45, 7) is 4.63. The van der Waals surface area contributed by atoms with Crippen molar-refractivity contribution < 1.29 is 18.7 Å². The quantitative estimate of drug-likeness (QED) is 0.582. The third kappa shape index (κ3) is 5.74. The average Bonchev–Trinajstić information content (AvgIpc) is 2.97. The Balaban J connectivity index is 1.84. The number of carbonyl (C=O) groups excluding carboxylic acids is 2. The summed E-state index contributed by atoms with van der Waals surface area (Å²) < 4.78 is 11.2. The number of amides is 1. The van der Waals surface area contributed by atoms with E-state index >= 15 is 0 Å². The predicted octanol–water partition coefficient (Wildman–Crippen LogP) is 3.75. The van der Waals surface area contributed by atoms with Crippen LogP contribution in [0.4, 0.5) is 0 Å². The van der Waals surface area contributed by atoms with Gasteiger partial charge in [-0.1, -0.05) is 6.07 Å². The van der Waals surface area contributed by atoms with Crippen molar-refractivity contribution >= 4 is 22.8 Å². The van der Waals surface area contributed by atoms with Crippen molar-refractivity contribution in [3.05, 3.63) is 53.0 Å². The Morgan fingerprint density at radius 2 is 1.88 bits per heavy atom. The lowest BCUT2D eigenvalue weighted by molar-refractivity contribution is -0.111. The topological polar surface area (TPSA) is 68.5 Å². The minimum atomic E-state index is -0.409. The van der Waals surface area contributed by atoms with E-state index in [1.807, 2.05) is 26.0 Å². The molecule has 0 bridgehead atoms. The minimum Gasteiger partial charge on any atom is -0.486 e. The van der Waals surface area contributed by atoms with Gasteiger partial charge in [-0.25, -0.2) is 0 Å². The first-order valence-corrected chi connectivity index (χ1v) is 8.08. The van der Waals surface area contributed by atoms with E-state index in [0.29, 0.717) is 18.7 Å². The zero-order valence-corrected chi connectivity index (χ0v) is 14.5. The second-order valence-corrected chi connectivity index (χ2v) is 6.01. The molecular weight excluding hydrogens is 330 g/mol. The average molecular weight is 350 g/mol. The van der Waals surface area contributed by atoms with Crippen LogP contribution in [0.15, 0.2) is 34.7 Å². The van der Waals surface area contributed by atoms with E-state index in [2.05, 4.69) is 11.4 Å². The molecule has 1 aromatic heterocycles. The summed E-state index contributed by atoms with van der Waals surface area (Å²) in [4.78, 5) is 22.5. The molecule has 0 fully saturated rings. The van der Waals surface area contributed by atoms with Crippen molar-refractivity contribution in [2.24, 2.45) is 0 Å². The van der Waals surface area contributed by atoms with Crippen LogP contribution in [0.25, 0.3) is 0 Å². The maximum absolute atomic E-state index is 11.9. The van der Waals surface area contributed by atoms with Crippen LogP contribution in [0.2, 0.25) is 0 Å². The highest BCUT2D eigenvalue weighted by atomic mass is 35.5. The molecule has 0 unspecified atom stereocenters. The lowest BCUT2D eigenvalue weighted by Gasteiger charge is -2.06. The molecule has 24 heavy (non-hydrogen) atoms. The van der Waals surface area contributed by atoms with Crippen molar-refractivity contribution in [3.8, 4) is 5.75 Å². The van der Waals surface area contributed by atoms with Crippen molar-refractivity contribution in [3.63, 3.8) is 0 Å². The Morgan fingerprint density at radius 3 is 2.54 bits per heavy atom. The maximum atomic E-state index is 11.9. The van der Waals surface area contributed by atoms with Crippen LogP contribution in [-0.2, 0) is 11.4 Å². The molecule has 0 aliphatic rings. The number of hydrogen-bond acceptors (Lipinski definition) is 4. The fourth-order valence-electron chi connectivity index (χ4n) is 2.26. The molecule has 5 nitrogen and oxygen atoms in total. The van der Waals surface area contributed by atoms with Crippen molar-refractivity contribution in [1.82, 2.24) is 5.32 Å². The van der Waals surface area contributed by atoms with Gasteiger partial charge in [-0.05, 0) is 67.3 Å². The van der Waals surface area contributed by atoms with E-state index in [0.717, 1.165) is 16.9 Å². The largest absolute Gasteiger partial charge is 0.486 e. The molecule has 1 N–H and O–H groups in total. The molecule has 0 spiro atoms. The minimum absolute atomic E-state index is 0.214. The van der Waals surface area contributed by atoms with Crippen molar-refractivity contribution in [2.75, 3.05) is 6.54 Å². The van der Waals surface area contributed by atoms with Gasteiger partial charge in [0.05, 0.1) is 0 Å². The van der Waals surface area contributed by atoms with E-state index in [1.54, 1.807) is 12.1 Å². The molecule has 1 heterocycles. The third-order valence-corrected chi connectivity index (χ3v) is 3.49. The normalized spacial score (nSPS) is 10.5. The van der Waals surface area contributed by atoms with Gasteiger partial charge in [0.25, 0.3) is 5.91 Å². The Labute approximate surface area is 145 Å². The first kappa shape index (κ1) is 18.1. The first-order chi connectivity index (χ1) is 11.4. The highest BCUT2D eigenvalue weighted by Crippen LogP contribution is 2.18. The standard InChI is InChI=1S/C18H20ClNO4/c1-12-8-13(2)10-15(9-12)23-11-14-5-6-16(24-14)18(22)20-7-3-4-17(19)21/h5-6,8-10H,3-4,7,11H2,1-2H3,(H,20,22). The van der Waals surface area contributed by atoms with Crippen molar-refractivity contribution in [2.45, 2.75) is 33.3 Å². The molecule has 0 radical (unpaired) electrons. The van der Waals surface area contributed by atoms with Crippen LogP contribution < -0.4 is 10.1 Å². The summed E-state index contributed by atoms with van der Waals surface area (Å²) in [6, 6.07) is 9.27. The Bertz CT molecular complexity index is 703. The summed E-state index contributed by atoms with van der Waals surface area (Å²) in [5.41, 5.74) is 2.25. The number of aryl methyl sites for hydroxylation is 2. The van der Waals surface area contributed by atoms with Crippen LogP contribution in [0, 0.1) is 13.8 Å². The van der Waals surface area contributed by atoms with Gasteiger partial charge in [0.15, 0.2) is 5.76 Å². The molecule has 0 saturated heterocycles. The third-order valence-electron chi connectivity index (χ3n) is 3.30. The van der Waals surface area contributed by atoms with E-state index in [4.69, 9.17) is 20.8 Å². The number of carbonyl (C=O) groups is 2.